The van der Waals surface area contributed by atoms with Crippen LogP contribution in [-0.2, 0) is 17.6 Å². The van der Waals surface area contributed by atoms with Gasteiger partial charge in [0.1, 0.15) is 0 Å². The lowest BCUT2D eigenvalue weighted by atomic mass is 9.92. The Morgan fingerprint density at radius 3 is 2.38 bits per heavy atom. The van der Waals surface area contributed by atoms with E-state index in [9.17, 15) is 4.79 Å². The molecule has 1 fully saturated rings. The summed E-state index contributed by atoms with van der Waals surface area (Å²) >= 11 is 0. The normalized spacial score (nSPS) is 16.6. The first-order valence-corrected chi connectivity index (χ1v) is 10.5. The lowest BCUT2D eigenvalue weighted by molar-refractivity contribution is -0.131. The monoisotopic (exact) mass is 384 g/mol. The highest BCUT2D eigenvalue weighted by Crippen LogP contribution is 2.27. The number of likely N-dealkylation sites (tertiary alicyclic amines) is 1. The van der Waals surface area contributed by atoms with Crippen LogP contribution in [0.4, 0.5) is 0 Å². The largest absolute Gasteiger partial charge is 0.342 e. The first-order valence-electron chi connectivity index (χ1n) is 10.5. The van der Waals surface area contributed by atoms with Crippen molar-refractivity contribution < 1.29 is 4.79 Å². The number of pyridine rings is 1. The molecule has 1 saturated heterocycles. The molecule has 3 nitrogen and oxygen atoms in total. The summed E-state index contributed by atoms with van der Waals surface area (Å²) in [5.41, 5.74) is 5.88. The van der Waals surface area contributed by atoms with E-state index in [1.165, 1.54) is 11.1 Å². The van der Waals surface area contributed by atoms with Crippen LogP contribution in [0, 0.1) is 6.92 Å². The van der Waals surface area contributed by atoms with Crippen LogP contribution < -0.4 is 0 Å². The van der Waals surface area contributed by atoms with Crippen molar-refractivity contribution in [2.24, 2.45) is 0 Å². The van der Waals surface area contributed by atoms with Gasteiger partial charge in [-0.3, -0.25) is 9.78 Å². The standard InChI is InChI=1S/C26H28N2O/c1-20-15-23(16-21-9-4-2-5-10-21)17-25(27-20)24-13-8-14-28(19-24)26(29)18-22-11-6-3-7-12-22/h2-7,9-12,15,17,24H,8,13-14,16,18-19H2,1H3/t24-/m1/s1. The molecular formula is C26H28N2O. The Balaban J connectivity index is 1.47. The third kappa shape index (κ3) is 5.11. The Kier molecular flexibility index (Phi) is 6.04. The number of hydrogen-bond donors (Lipinski definition) is 0. The molecule has 2 aromatic carbocycles. The highest BCUT2D eigenvalue weighted by molar-refractivity contribution is 5.79. The quantitative estimate of drug-likeness (QED) is 0.625. The third-order valence-corrected chi connectivity index (χ3v) is 5.67. The lowest BCUT2D eigenvalue weighted by Crippen LogP contribution is -2.40. The fourth-order valence-electron chi connectivity index (χ4n) is 4.24. The minimum Gasteiger partial charge on any atom is -0.342 e. The molecule has 29 heavy (non-hydrogen) atoms. The van der Waals surface area contributed by atoms with Crippen molar-refractivity contribution in [1.29, 1.82) is 0 Å². The molecular weight excluding hydrogens is 356 g/mol. The Morgan fingerprint density at radius 2 is 1.66 bits per heavy atom. The van der Waals surface area contributed by atoms with E-state index < -0.39 is 0 Å². The first-order chi connectivity index (χ1) is 14.2. The zero-order valence-electron chi connectivity index (χ0n) is 17.1. The van der Waals surface area contributed by atoms with Crippen molar-refractivity contribution in [2.45, 2.75) is 38.5 Å². The maximum atomic E-state index is 12.8. The second kappa shape index (κ2) is 9.04. The van der Waals surface area contributed by atoms with E-state index in [0.29, 0.717) is 12.3 Å². The predicted octanol–water partition coefficient (Wildman–Crippen LogP) is 4.93. The minimum atomic E-state index is 0.220. The molecule has 1 amide bonds. The van der Waals surface area contributed by atoms with E-state index in [1.54, 1.807) is 0 Å². The highest BCUT2D eigenvalue weighted by Gasteiger charge is 2.26. The fourth-order valence-corrected chi connectivity index (χ4v) is 4.24. The van der Waals surface area contributed by atoms with Gasteiger partial charge in [-0.15, -0.1) is 0 Å². The maximum absolute atomic E-state index is 12.8. The number of carbonyl (C=O) groups is 1. The van der Waals surface area contributed by atoms with Gasteiger partial charge in [-0.25, -0.2) is 0 Å². The molecule has 4 rings (SSSR count). The molecule has 1 atom stereocenters. The van der Waals surface area contributed by atoms with Crippen LogP contribution in [0.2, 0.25) is 0 Å². The van der Waals surface area contributed by atoms with Gasteiger partial charge in [0.25, 0.3) is 0 Å². The number of benzene rings is 2. The van der Waals surface area contributed by atoms with E-state index in [1.807, 2.05) is 35.2 Å². The molecule has 0 radical (unpaired) electrons. The number of aryl methyl sites for hydroxylation is 1. The molecule has 2 heterocycles. The molecule has 0 saturated carbocycles. The highest BCUT2D eigenvalue weighted by atomic mass is 16.2. The number of carbonyl (C=O) groups excluding carboxylic acids is 1. The van der Waals surface area contributed by atoms with Gasteiger partial charge in [-0.1, -0.05) is 60.7 Å². The van der Waals surface area contributed by atoms with Gasteiger partial charge in [0, 0.05) is 30.4 Å². The van der Waals surface area contributed by atoms with Crippen molar-refractivity contribution in [3.8, 4) is 0 Å². The summed E-state index contributed by atoms with van der Waals surface area (Å²) in [6.45, 7) is 3.69. The zero-order chi connectivity index (χ0) is 20.1. The summed E-state index contributed by atoms with van der Waals surface area (Å²) in [6, 6.07) is 25.0. The number of amides is 1. The third-order valence-electron chi connectivity index (χ3n) is 5.67. The zero-order valence-corrected chi connectivity index (χ0v) is 17.1. The number of aromatic nitrogens is 1. The lowest BCUT2D eigenvalue weighted by Gasteiger charge is -2.33. The van der Waals surface area contributed by atoms with Gasteiger partial charge in [-0.05, 0) is 55.0 Å². The van der Waals surface area contributed by atoms with E-state index in [-0.39, 0.29) is 5.91 Å². The second-order valence-electron chi connectivity index (χ2n) is 8.05. The van der Waals surface area contributed by atoms with Gasteiger partial charge in [0.05, 0.1) is 6.42 Å². The second-order valence-corrected chi connectivity index (χ2v) is 8.05. The van der Waals surface area contributed by atoms with Crippen molar-refractivity contribution in [3.63, 3.8) is 0 Å². The minimum absolute atomic E-state index is 0.220. The summed E-state index contributed by atoms with van der Waals surface area (Å²) in [5.74, 6) is 0.538. The molecule has 0 bridgehead atoms. The Hall–Kier alpha value is -2.94. The van der Waals surface area contributed by atoms with Crippen LogP contribution in [0.15, 0.2) is 72.8 Å². The van der Waals surface area contributed by atoms with Crippen LogP contribution in [0.25, 0.3) is 0 Å². The molecule has 1 aliphatic rings. The summed E-state index contributed by atoms with van der Waals surface area (Å²) < 4.78 is 0. The van der Waals surface area contributed by atoms with Crippen LogP contribution >= 0.6 is 0 Å². The molecule has 148 valence electrons. The van der Waals surface area contributed by atoms with Crippen molar-refractivity contribution >= 4 is 5.91 Å². The van der Waals surface area contributed by atoms with Gasteiger partial charge >= 0.3 is 0 Å². The van der Waals surface area contributed by atoms with Gasteiger partial charge in [-0.2, -0.15) is 0 Å². The van der Waals surface area contributed by atoms with Crippen molar-refractivity contribution in [3.05, 3.63) is 101 Å². The summed E-state index contributed by atoms with van der Waals surface area (Å²) in [6.07, 6.45) is 3.53. The maximum Gasteiger partial charge on any atom is 0.227 e. The Morgan fingerprint density at radius 1 is 0.966 bits per heavy atom. The Labute approximate surface area is 173 Å². The van der Waals surface area contributed by atoms with Crippen LogP contribution in [0.1, 0.15) is 46.8 Å². The van der Waals surface area contributed by atoms with Gasteiger partial charge in [0.2, 0.25) is 5.91 Å². The molecule has 0 aliphatic carbocycles. The fraction of sp³-hybridized carbons (Fsp3) is 0.308. The van der Waals surface area contributed by atoms with Crippen LogP contribution in [0.3, 0.4) is 0 Å². The molecule has 0 spiro atoms. The summed E-state index contributed by atoms with van der Waals surface area (Å²) in [5, 5.41) is 0. The molecule has 1 aromatic heterocycles. The summed E-state index contributed by atoms with van der Waals surface area (Å²) in [4.78, 5) is 19.7. The smallest absolute Gasteiger partial charge is 0.227 e. The SMILES string of the molecule is Cc1cc(Cc2ccccc2)cc([C@@H]2CCCN(C(=O)Cc3ccccc3)C2)n1. The molecule has 1 aliphatic heterocycles. The number of piperidine rings is 1. The first kappa shape index (κ1) is 19.4. The predicted molar refractivity (Wildman–Crippen MR) is 117 cm³/mol. The van der Waals surface area contributed by atoms with Crippen molar-refractivity contribution in [2.75, 3.05) is 13.1 Å². The number of nitrogens with zero attached hydrogens (tertiary/aromatic N) is 2. The molecule has 3 heteroatoms. The number of hydrogen-bond acceptors (Lipinski definition) is 2. The molecule has 0 N–H and O–H groups in total. The summed E-state index contributed by atoms with van der Waals surface area (Å²) in [7, 11) is 0. The van der Waals surface area contributed by atoms with E-state index in [4.69, 9.17) is 4.98 Å². The molecule has 3 aromatic rings. The van der Waals surface area contributed by atoms with E-state index in [2.05, 4.69) is 49.4 Å². The number of rotatable bonds is 5. The van der Waals surface area contributed by atoms with E-state index >= 15 is 0 Å². The molecule has 0 unspecified atom stereocenters. The average molecular weight is 385 g/mol. The van der Waals surface area contributed by atoms with Crippen LogP contribution in [0.5, 0.6) is 0 Å². The topological polar surface area (TPSA) is 33.2 Å². The van der Waals surface area contributed by atoms with E-state index in [0.717, 1.165) is 49.3 Å². The van der Waals surface area contributed by atoms with Crippen LogP contribution in [-0.4, -0.2) is 28.9 Å². The van der Waals surface area contributed by atoms with Crippen molar-refractivity contribution in [1.82, 2.24) is 9.88 Å². The van der Waals surface area contributed by atoms with Gasteiger partial charge in [0.15, 0.2) is 0 Å². The Bertz CT molecular complexity index is 953. The van der Waals surface area contributed by atoms with Gasteiger partial charge < -0.3 is 4.90 Å². The average Bonchev–Trinajstić information content (AvgIpc) is 2.75.